The molecular weight excluding hydrogens is 280 g/mol. The number of sulfonamides is 1. The minimum atomic E-state index is -3.45. The maximum absolute atomic E-state index is 11.8. The summed E-state index contributed by atoms with van der Waals surface area (Å²) in [7, 11) is -3.45. The van der Waals surface area contributed by atoms with Gasteiger partial charge in [-0.15, -0.1) is 0 Å². The van der Waals surface area contributed by atoms with Gasteiger partial charge in [0.25, 0.3) is 0 Å². The third kappa shape index (κ3) is 3.57. The van der Waals surface area contributed by atoms with E-state index < -0.39 is 10.0 Å². The maximum Gasteiger partial charge on any atom is 0.240 e. The van der Waals surface area contributed by atoms with Crippen LogP contribution in [0.4, 0.5) is 0 Å². The predicted octanol–water partition coefficient (Wildman–Crippen LogP) is 1.07. The zero-order valence-corrected chi connectivity index (χ0v) is 10.7. The van der Waals surface area contributed by atoms with E-state index in [4.69, 9.17) is 5.73 Å². The van der Waals surface area contributed by atoms with Gasteiger partial charge in [-0.2, -0.15) is 0 Å². The van der Waals surface area contributed by atoms with Crippen molar-refractivity contribution < 1.29 is 8.42 Å². The van der Waals surface area contributed by atoms with Crippen molar-refractivity contribution in [2.45, 2.75) is 17.9 Å². The number of hydrogen-bond acceptors (Lipinski definition) is 3. The molecule has 1 rings (SSSR count). The van der Waals surface area contributed by atoms with Crippen LogP contribution in [0.2, 0.25) is 0 Å². The second kappa shape index (κ2) is 5.07. The van der Waals surface area contributed by atoms with Crippen molar-refractivity contribution in [1.82, 2.24) is 4.72 Å². The largest absolute Gasteiger partial charge is 0.329 e. The second-order valence-electron chi connectivity index (χ2n) is 3.22. The van der Waals surface area contributed by atoms with Crippen molar-refractivity contribution in [1.29, 1.82) is 0 Å². The van der Waals surface area contributed by atoms with Gasteiger partial charge in [-0.1, -0.05) is 22.0 Å². The zero-order valence-electron chi connectivity index (χ0n) is 8.27. The number of halogens is 1. The Balaban J connectivity index is 2.96. The van der Waals surface area contributed by atoms with Gasteiger partial charge in [0.05, 0.1) is 4.90 Å². The highest BCUT2D eigenvalue weighted by molar-refractivity contribution is 9.10. The molecule has 1 aromatic carbocycles. The second-order valence-corrected chi connectivity index (χ2v) is 5.85. The lowest BCUT2D eigenvalue weighted by Gasteiger charge is -2.11. The normalized spacial score (nSPS) is 13.8. The summed E-state index contributed by atoms with van der Waals surface area (Å²) in [6, 6.07) is 6.26. The van der Waals surface area contributed by atoms with Gasteiger partial charge in [0.15, 0.2) is 0 Å². The van der Waals surface area contributed by atoms with Gasteiger partial charge in [0.1, 0.15) is 0 Å². The van der Waals surface area contributed by atoms with Gasteiger partial charge in [-0.3, -0.25) is 0 Å². The van der Waals surface area contributed by atoms with E-state index in [1.54, 1.807) is 25.1 Å². The topological polar surface area (TPSA) is 72.2 Å². The predicted molar refractivity (Wildman–Crippen MR) is 63.0 cm³/mol. The third-order valence-electron chi connectivity index (χ3n) is 1.82. The number of rotatable bonds is 4. The summed E-state index contributed by atoms with van der Waals surface area (Å²) in [4.78, 5) is 0.233. The summed E-state index contributed by atoms with van der Waals surface area (Å²) < 4.78 is 26.7. The van der Waals surface area contributed by atoms with Crippen molar-refractivity contribution in [3.05, 3.63) is 28.7 Å². The lowest BCUT2D eigenvalue weighted by molar-refractivity contribution is 0.562. The Kier molecular flexibility index (Phi) is 4.27. The Labute approximate surface area is 98.0 Å². The molecule has 0 aromatic heterocycles. The zero-order chi connectivity index (χ0) is 11.5. The van der Waals surface area contributed by atoms with Crippen LogP contribution in [0.1, 0.15) is 6.92 Å². The van der Waals surface area contributed by atoms with Crippen molar-refractivity contribution >= 4 is 26.0 Å². The fraction of sp³-hybridized carbons (Fsp3) is 0.333. The summed E-state index contributed by atoms with van der Waals surface area (Å²) in [5.74, 6) is 0. The van der Waals surface area contributed by atoms with Crippen LogP contribution >= 0.6 is 15.9 Å². The van der Waals surface area contributed by atoms with Crippen molar-refractivity contribution in [2.75, 3.05) is 6.54 Å². The molecule has 0 heterocycles. The molecule has 4 nitrogen and oxygen atoms in total. The van der Waals surface area contributed by atoms with Gasteiger partial charge in [-0.25, -0.2) is 13.1 Å². The molecule has 0 aliphatic carbocycles. The molecule has 1 aromatic rings. The molecule has 0 radical (unpaired) electrons. The van der Waals surface area contributed by atoms with Crippen LogP contribution in [-0.2, 0) is 10.0 Å². The molecule has 3 N–H and O–H groups in total. The van der Waals surface area contributed by atoms with Crippen LogP contribution in [0.25, 0.3) is 0 Å². The summed E-state index contributed by atoms with van der Waals surface area (Å²) in [5.41, 5.74) is 5.35. The Hall–Kier alpha value is -0.430. The summed E-state index contributed by atoms with van der Waals surface area (Å²) in [6.07, 6.45) is 0. The molecule has 0 aliphatic heterocycles. The van der Waals surface area contributed by atoms with Crippen LogP contribution in [0, 0.1) is 0 Å². The molecular formula is C9H13BrN2O2S. The quantitative estimate of drug-likeness (QED) is 0.872. The van der Waals surface area contributed by atoms with E-state index in [-0.39, 0.29) is 17.5 Å². The standard InChI is InChI=1S/C9H13BrN2O2S/c1-7(6-11)12-15(13,14)9-4-2-3-8(10)5-9/h2-5,7,12H,6,11H2,1H3/t7-/m0/s1. The van der Waals surface area contributed by atoms with E-state index in [2.05, 4.69) is 20.7 Å². The first-order valence-corrected chi connectivity index (χ1v) is 6.71. The van der Waals surface area contributed by atoms with Crippen LogP contribution < -0.4 is 10.5 Å². The first-order chi connectivity index (χ1) is 6.95. The Morgan fingerprint density at radius 1 is 1.53 bits per heavy atom. The number of benzene rings is 1. The fourth-order valence-corrected chi connectivity index (χ4v) is 2.87. The fourth-order valence-electron chi connectivity index (χ4n) is 1.02. The molecule has 0 spiro atoms. The molecule has 0 fully saturated rings. The molecule has 0 saturated heterocycles. The van der Waals surface area contributed by atoms with Gasteiger partial charge in [0.2, 0.25) is 10.0 Å². The summed E-state index contributed by atoms with van der Waals surface area (Å²) >= 11 is 3.22. The minimum Gasteiger partial charge on any atom is -0.329 e. The van der Waals surface area contributed by atoms with Crippen LogP contribution in [0.15, 0.2) is 33.6 Å². The van der Waals surface area contributed by atoms with Crippen LogP contribution in [0.3, 0.4) is 0 Å². The Bertz CT molecular complexity index is 433. The van der Waals surface area contributed by atoms with E-state index >= 15 is 0 Å². The van der Waals surface area contributed by atoms with Crippen molar-refractivity contribution in [3.63, 3.8) is 0 Å². The highest BCUT2D eigenvalue weighted by atomic mass is 79.9. The Morgan fingerprint density at radius 3 is 2.73 bits per heavy atom. The first kappa shape index (κ1) is 12.6. The van der Waals surface area contributed by atoms with E-state index in [9.17, 15) is 8.42 Å². The smallest absolute Gasteiger partial charge is 0.240 e. The van der Waals surface area contributed by atoms with Gasteiger partial charge in [0, 0.05) is 17.1 Å². The summed E-state index contributed by atoms with van der Waals surface area (Å²) in [6.45, 7) is 1.99. The molecule has 0 unspecified atom stereocenters. The average Bonchev–Trinajstić information content (AvgIpc) is 2.17. The third-order valence-corrected chi connectivity index (χ3v) is 3.90. The van der Waals surface area contributed by atoms with Gasteiger partial charge < -0.3 is 5.73 Å². The SMILES string of the molecule is C[C@@H](CN)NS(=O)(=O)c1cccc(Br)c1. The van der Waals surface area contributed by atoms with Crippen LogP contribution in [0.5, 0.6) is 0 Å². The van der Waals surface area contributed by atoms with Gasteiger partial charge >= 0.3 is 0 Å². The highest BCUT2D eigenvalue weighted by Crippen LogP contribution is 2.15. The molecule has 84 valence electrons. The van der Waals surface area contributed by atoms with Crippen molar-refractivity contribution in [3.8, 4) is 0 Å². The number of nitrogens with one attached hydrogen (secondary N) is 1. The molecule has 0 saturated carbocycles. The van der Waals surface area contributed by atoms with Gasteiger partial charge in [-0.05, 0) is 25.1 Å². The minimum absolute atomic E-state index is 0.233. The lowest BCUT2D eigenvalue weighted by Crippen LogP contribution is -2.37. The first-order valence-electron chi connectivity index (χ1n) is 4.43. The lowest BCUT2D eigenvalue weighted by atomic mass is 10.4. The number of nitrogens with two attached hydrogens (primary N) is 1. The Morgan fingerprint density at radius 2 is 2.20 bits per heavy atom. The monoisotopic (exact) mass is 292 g/mol. The van der Waals surface area contributed by atoms with Crippen molar-refractivity contribution in [2.24, 2.45) is 5.73 Å². The molecule has 0 amide bonds. The molecule has 15 heavy (non-hydrogen) atoms. The average molecular weight is 293 g/mol. The molecule has 6 heteroatoms. The highest BCUT2D eigenvalue weighted by Gasteiger charge is 2.16. The summed E-state index contributed by atoms with van der Waals surface area (Å²) in [5, 5.41) is 0. The van der Waals surface area contributed by atoms with E-state index in [1.807, 2.05) is 0 Å². The van der Waals surface area contributed by atoms with E-state index in [0.29, 0.717) is 0 Å². The maximum atomic E-state index is 11.8. The number of hydrogen-bond donors (Lipinski definition) is 2. The van der Waals surface area contributed by atoms with Crippen LogP contribution in [-0.4, -0.2) is 21.0 Å². The molecule has 0 aliphatic rings. The van der Waals surface area contributed by atoms with E-state index in [0.717, 1.165) is 4.47 Å². The molecule has 1 atom stereocenters. The van der Waals surface area contributed by atoms with E-state index in [1.165, 1.54) is 6.07 Å². The molecule has 0 bridgehead atoms.